The van der Waals surface area contributed by atoms with Gasteiger partial charge in [0.1, 0.15) is 5.82 Å². The Balaban J connectivity index is 1.87. The molecule has 20 heavy (non-hydrogen) atoms. The van der Waals surface area contributed by atoms with Crippen molar-refractivity contribution in [3.8, 4) is 5.88 Å². The van der Waals surface area contributed by atoms with Crippen LogP contribution in [0.15, 0.2) is 18.5 Å². The molecule has 3 heterocycles. The highest BCUT2D eigenvalue weighted by Crippen LogP contribution is 2.21. The van der Waals surface area contributed by atoms with Gasteiger partial charge in [0.05, 0.1) is 19.3 Å². The van der Waals surface area contributed by atoms with Crippen LogP contribution in [0.3, 0.4) is 0 Å². The molecule has 0 fully saturated rings. The molecule has 2 aromatic rings. The molecule has 1 aliphatic heterocycles. The van der Waals surface area contributed by atoms with Crippen LogP contribution in [0.4, 0.5) is 5.95 Å². The third kappa shape index (κ3) is 2.41. The standard InChI is InChI=1S/C14H17N5O/c1-3-12-16-8-10-5-7-19(9-11(10)17-12)14-15-6-4-13(18-14)20-2/h4,6,8H,3,5,7,9H2,1-2H3. The number of nitrogens with zero attached hydrogens (tertiary/aromatic N) is 5. The molecule has 0 N–H and O–H groups in total. The van der Waals surface area contributed by atoms with E-state index in [0.717, 1.165) is 37.4 Å². The van der Waals surface area contributed by atoms with Crippen molar-refractivity contribution in [2.45, 2.75) is 26.3 Å². The molecule has 6 heteroatoms. The maximum Gasteiger partial charge on any atom is 0.228 e. The fourth-order valence-electron chi connectivity index (χ4n) is 2.28. The number of ether oxygens (including phenoxy) is 1. The van der Waals surface area contributed by atoms with Gasteiger partial charge < -0.3 is 9.64 Å². The zero-order valence-electron chi connectivity index (χ0n) is 11.7. The number of methoxy groups -OCH3 is 1. The summed E-state index contributed by atoms with van der Waals surface area (Å²) >= 11 is 0. The van der Waals surface area contributed by atoms with Gasteiger partial charge in [0.15, 0.2) is 0 Å². The second kappa shape index (κ2) is 5.40. The van der Waals surface area contributed by atoms with Crippen LogP contribution in [-0.4, -0.2) is 33.6 Å². The van der Waals surface area contributed by atoms with Crippen LogP contribution in [0.1, 0.15) is 24.0 Å². The SMILES string of the molecule is CCc1ncc2c(n1)CN(c1nccc(OC)n1)CC2. The minimum atomic E-state index is 0.581. The van der Waals surface area contributed by atoms with E-state index in [1.807, 2.05) is 6.20 Å². The van der Waals surface area contributed by atoms with Gasteiger partial charge in [-0.3, -0.25) is 0 Å². The summed E-state index contributed by atoms with van der Waals surface area (Å²) in [6.45, 7) is 3.65. The van der Waals surface area contributed by atoms with E-state index in [2.05, 4.69) is 31.8 Å². The van der Waals surface area contributed by atoms with Crippen LogP contribution in [0.25, 0.3) is 0 Å². The van der Waals surface area contributed by atoms with Crippen LogP contribution in [-0.2, 0) is 19.4 Å². The largest absolute Gasteiger partial charge is 0.481 e. The smallest absolute Gasteiger partial charge is 0.228 e. The summed E-state index contributed by atoms with van der Waals surface area (Å²) in [4.78, 5) is 19.8. The highest BCUT2D eigenvalue weighted by atomic mass is 16.5. The maximum absolute atomic E-state index is 5.15. The summed E-state index contributed by atoms with van der Waals surface area (Å²) in [5.41, 5.74) is 2.30. The van der Waals surface area contributed by atoms with Crippen molar-refractivity contribution in [1.82, 2.24) is 19.9 Å². The van der Waals surface area contributed by atoms with Gasteiger partial charge in [-0.05, 0) is 12.0 Å². The molecule has 0 aromatic carbocycles. The molecular formula is C14H17N5O. The number of aromatic nitrogens is 4. The average Bonchev–Trinajstić information content (AvgIpc) is 2.53. The Labute approximate surface area is 117 Å². The number of hydrogen-bond donors (Lipinski definition) is 0. The third-order valence-electron chi connectivity index (χ3n) is 3.42. The van der Waals surface area contributed by atoms with Crippen molar-refractivity contribution in [3.05, 3.63) is 35.5 Å². The molecule has 0 aliphatic carbocycles. The second-order valence-electron chi connectivity index (χ2n) is 4.68. The van der Waals surface area contributed by atoms with E-state index in [4.69, 9.17) is 4.74 Å². The lowest BCUT2D eigenvalue weighted by Gasteiger charge is -2.28. The normalized spacial score (nSPS) is 14.0. The number of hydrogen-bond acceptors (Lipinski definition) is 6. The monoisotopic (exact) mass is 271 g/mol. The molecule has 0 saturated carbocycles. The zero-order chi connectivity index (χ0) is 13.9. The first kappa shape index (κ1) is 12.8. The van der Waals surface area contributed by atoms with Crippen LogP contribution < -0.4 is 9.64 Å². The molecule has 0 atom stereocenters. The first-order valence-electron chi connectivity index (χ1n) is 6.75. The van der Waals surface area contributed by atoms with Crippen LogP contribution in [0, 0.1) is 0 Å². The van der Waals surface area contributed by atoms with Gasteiger partial charge in [-0.1, -0.05) is 6.92 Å². The summed E-state index contributed by atoms with van der Waals surface area (Å²) in [6, 6.07) is 1.75. The molecule has 6 nitrogen and oxygen atoms in total. The van der Waals surface area contributed by atoms with E-state index < -0.39 is 0 Å². The third-order valence-corrected chi connectivity index (χ3v) is 3.42. The first-order chi connectivity index (χ1) is 9.80. The topological polar surface area (TPSA) is 64.0 Å². The van der Waals surface area contributed by atoms with E-state index in [0.29, 0.717) is 11.8 Å². The first-order valence-corrected chi connectivity index (χ1v) is 6.75. The van der Waals surface area contributed by atoms with Crippen LogP contribution in [0.2, 0.25) is 0 Å². The van der Waals surface area contributed by atoms with Crippen molar-refractivity contribution >= 4 is 5.95 Å². The second-order valence-corrected chi connectivity index (χ2v) is 4.68. The Morgan fingerprint density at radius 3 is 3.00 bits per heavy atom. The average molecular weight is 271 g/mol. The van der Waals surface area contributed by atoms with Crippen molar-refractivity contribution in [3.63, 3.8) is 0 Å². The summed E-state index contributed by atoms with van der Waals surface area (Å²) < 4.78 is 5.15. The van der Waals surface area contributed by atoms with Crippen molar-refractivity contribution in [1.29, 1.82) is 0 Å². The Kier molecular flexibility index (Phi) is 3.45. The van der Waals surface area contributed by atoms with E-state index in [1.54, 1.807) is 19.4 Å². The predicted molar refractivity (Wildman–Crippen MR) is 74.7 cm³/mol. The van der Waals surface area contributed by atoms with Gasteiger partial charge >= 0.3 is 0 Å². The van der Waals surface area contributed by atoms with Crippen molar-refractivity contribution in [2.24, 2.45) is 0 Å². The van der Waals surface area contributed by atoms with Crippen molar-refractivity contribution < 1.29 is 4.74 Å². The van der Waals surface area contributed by atoms with Gasteiger partial charge in [-0.25, -0.2) is 15.0 Å². The molecule has 0 radical (unpaired) electrons. The van der Waals surface area contributed by atoms with E-state index in [-0.39, 0.29) is 0 Å². The molecule has 2 aromatic heterocycles. The number of rotatable bonds is 3. The fourth-order valence-corrected chi connectivity index (χ4v) is 2.28. The molecule has 0 amide bonds. The van der Waals surface area contributed by atoms with Gasteiger partial charge in [-0.15, -0.1) is 0 Å². The van der Waals surface area contributed by atoms with Gasteiger partial charge in [0.25, 0.3) is 0 Å². The summed E-state index contributed by atoms with van der Waals surface area (Å²) in [5, 5.41) is 0. The lowest BCUT2D eigenvalue weighted by molar-refractivity contribution is 0.396. The Hall–Kier alpha value is -2.24. The van der Waals surface area contributed by atoms with E-state index >= 15 is 0 Å². The quantitative estimate of drug-likeness (QED) is 0.841. The molecule has 0 unspecified atom stereocenters. The Bertz CT molecular complexity index is 616. The van der Waals surface area contributed by atoms with Gasteiger partial charge in [0.2, 0.25) is 11.8 Å². The molecule has 0 bridgehead atoms. The predicted octanol–water partition coefficient (Wildman–Crippen LogP) is 1.40. The summed E-state index contributed by atoms with van der Waals surface area (Å²) in [6.07, 6.45) is 5.43. The van der Waals surface area contributed by atoms with Gasteiger partial charge in [-0.2, -0.15) is 4.98 Å². The number of aryl methyl sites for hydroxylation is 1. The van der Waals surface area contributed by atoms with E-state index in [1.165, 1.54) is 5.56 Å². The molecular weight excluding hydrogens is 254 g/mol. The van der Waals surface area contributed by atoms with E-state index in [9.17, 15) is 0 Å². The molecule has 0 saturated heterocycles. The molecule has 0 spiro atoms. The number of fused-ring (bicyclic) bond motifs is 1. The maximum atomic E-state index is 5.15. The Morgan fingerprint density at radius 2 is 2.20 bits per heavy atom. The van der Waals surface area contributed by atoms with Gasteiger partial charge in [0, 0.05) is 31.4 Å². The van der Waals surface area contributed by atoms with Crippen molar-refractivity contribution in [2.75, 3.05) is 18.6 Å². The zero-order valence-corrected chi connectivity index (χ0v) is 11.7. The van der Waals surface area contributed by atoms with Crippen LogP contribution >= 0.6 is 0 Å². The summed E-state index contributed by atoms with van der Waals surface area (Å²) in [7, 11) is 1.61. The lowest BCUT2D eigenvalue weighted by Crippen LogP contribution is -2.32. The number of anilines is 1. The highest BCUT2D eigenvalue weighted by Gasteiger charge is 2.20. The van der Waals surface area contributed by atoms with Crippen LogP contribution in [0.5, 0.6) is 5.88 Å². The fraction of sp³-hybridized carbons (Fsp3) is 0.429. The summed E-state index contributed by atoms with van der Waals surface area (Å²) in [5.74, 6) is 2.15. The minimum absolute atomic E-state index is 0.581. The molecule has 3 rings (SSSR count). The lowest BCUT2D eigenvalue weighted by atomic mass is 10.1. The molecule has 1 aliphatic rings. The highest BCUT2D eigenvalue weighted by molar-refractivity contribution is 5.37. The molecule has 104 valence electrons. The Morgan fingerprint density at radius 1 is 1.30 bits per heavy atom. The minimum Gasteiger partial charge on any atom is -0.481 e.